The van der Waals surface area contributed by atoms with Gasteiger partial charge in [0.2, 0.25) is 5.95 Å². The second-order valence-electron chi connectivity index (χ2n) is 7.22. The molecule has 2 N–H and O–H groups in total. The third-order valence-electron chi connectivity index (χ3n) is 3.64. The lowest BCUT2D eigenvalue weighted by molar-refractivity contribution is -0.124. The quantitative estimate of drug-likeness (QED) is 0.599. The van der Waals surface area contributed by atoms with Gasteiger partial charge in [0.05, 0.1) is 7.11 Å². The number of carbonyl (C=O) groups is 1. The number of carbonyl (C=O) groups excluding carboxylic acids is 1. The zero-order valence-corrected chi connectivity index (χ0v) is 18.5. The number of hydrogen-bond donors (Lipinski definition) is 2. The molecule has 0 radical (unpaired) electrons. The van der Waals surface area contributed by atoms with Gasteiger partial charge in [-0.3, -0.25) is 4.79 Å². The highest BCUT2D eigenvalue weighted by Gasteiger charge is 2.19. The molecule has 1 heterocycles. The van der Waals surface area contributed by atoms with Gasteiger partial charge in [0.1, 0.15) is 0 Å². The van der Waals surface area contributed by atoms with Crippen molar-refractivity contribution in [2.24, 2.45) is 0 Å². The lowest BCUT2D eigenvalue weighted by Crippen LogP contribution is -2.43. The minimum absolute atomic E-state index is 0.120. The third kappa shape index (κ3) is 6.08. The molecule has 2 rings (SSSR count). The van der Waals surface area contributed by atoms with Gasteiger partial charge < -0.3 is 20.1 Å². The highest BCUT2D eigenvalue weighted by Crippen LogP contribution is 2.36. The molecule has 0 saturated carbocycles. The Bertz CT molecular complexity index is 803. The molecule has 1 amide bonds. The van der Waals surface area contributed by atoms with E-state index in [-0.39, 0.29) is 18.1 Å². The van der Waals surface area contributed by atoms with Crippen molar-refractivity contribution in [1.29, 1.82) is 0 Å². The van der Waals surface area contributed by atoms with Crippen LogP contribution in [0.4, 0.5) is 5.95 Å². The van der Waals surface area contributed by atoms with Crippen LogP contribution in [0.15, 0.2) is 16.6 Å². The Morgan fingerprint density at radius 2 is 2.07 bits per heavy atom. The van der Waals surface area contributed by atoms with Gasteiger partial charge in [0, 0.05) is 28.7 Å². The van der Waals surface area contributed by atoms with E-state index >= 15 is 0 Å². The Morgan fingerprint density at radius 3 is 2.71 bits per heavy atom. The van der Waals surface area contributed by atoms with Crippen molar-refractivity contribution in [3.8, 4) is 11.5 Å². The molecule has 0 aliphatic carbocycles. The summed E-state index contributed by atoms with van der Waals surface area (Å²) in [5.41, 5.74) is 0.469. The van der Waals surface area contributed by atoms with Crippen LogP contribution in [0.2, 0.25) is 0 Å². The molecule has 0 spiro atoms. The molecule has 2 aromatic rings. The van der Waals surface area contributed by atoms with E-state index in [2.05, 4.69) is 49.0 Å². The summed E-state index contributed by atoms with van der Waals surface area (Å²) in [6.07, 6.45) is 0.916. The summed E-state index contributed by atoms with van der Waals surface area (Å²) < 4.78 is 13.8. The number of hydrogen-bond acceptors (Lipinski definition) is 7. The van der Waals surface area contributed by atoms with Gasteiger partial charge >= 0.3 is 0 Å². The number of tetrazole rings is 1. The summed E-state index contributed by atoms with van der Waals surface area (Å²) in [5.74, 6) is 1.38. The average molecular weight is 455 g/mol. The monoisotopic (exact) mass is 454 g/mol. The first-order valence-corrected chi connectivity index (χ1v) is 9.83. The number of amides is 1. The Kier molecular flexibility index (Phi) is 7.61. The topological polar surface area (TPSA) is 103 Å². The van der Waals surface area contributed by atoms with Crippen molar-refractivity contribution in [3.05, 3.63) is 22.2 Å². The second-order valence-corrected chi connectivity index (χ2v) is 8.08. The molecule has 0 aliphatic rings. The average Bonchev–Trinajstić information content (AvgIpc) is 3.05. The van der Waals surface area contributed by atoms with Crippen LogP contribution in [0.25, 0.3) is 0 Å². The van der Waals surface area contributed by atoms with E-state index in [1.807, 2.05) is 26.8 Å². The van der Waals surface area contributed by atoms with E-state index in [0.717, 1.165) is 16.5 Å². The van der Waals surface area contributed by atoms with Crippen molar-refractivity contribution in [2.45, 2.75) is 52.7 Å². The minimum atomic E-state index is -0.331. The van der Waals surface area contributed by atoms with E-state index in [4.69, 9.17) is 9.47 Å². The Balaban J connectivity index is 2.18. The number of benzene rings is 1. The fourth-order valence-electron chi connectivity index (χ4n) is 2.52. The maximum absolute atomic E-state index is 12.2. The van der Waals surface area contributed by atoms with Gasteiger partial charge in [-0.2, -0.15) is 0 Å². The number of aromatic nitrogens is 4. The van der Waals surface area contributed by atoms with Gasteiger partial charge in [0.25, 0.3) is 5.91 Å². The highest BCUT2D eigenvalue weighted by atomic mass is 79.9. The van der Waals surface area contributed by atoms with E-state index in [0.29, 0.717) is 30.5 Å². The van der Waals surface area contributed by atoms with Gasteiger partial charge in [-0.15, -0.1) is 0 Å². The van der Waals surface area contributed by atoms with Crippen LogP contribution in [0.3, 0.4) is 0 Å². The highest BCUT2D eigenvalue weighted by molar-refractivity contribution is 9.10. The number of ether oxygens (including phenoxy) is 2. The largest absolute Gasteiger partial charge is 0.493 e. The number of rotatable bonds is 9. The van der Waals surface area contributed by atoms with Crippen LogP contribution in [-0.4, -0.2) is 45.4 Å². The Morgan fingerprint density at radius 1 is 1.32 bits per heavy atom. The number of nitrogens with one attached hydrogen (secondary N) is 2. The smallest absolute Gasteiger partial charge is 0.258 e. The molecule has 0 saturated heterocycles. The van der Waals surface area contributed by atoms with Gasteiger partial charge in [-0.05, 0) is 49.8 Å². The fourth-order valence-corrected chi connectivity index (χ4v) is 2.97. The maximum atomic E-state index is 12.2. The lowest BCUT2D eigenvalue weighted by Gasteiger charge is -2.21. The van der Waals surface area contributed by atoms with Crippen molar-refractivity contribution >= 4 is 27.8 Å². The van der Waals surface area contributed by atoms with Gasteiger partial charge in [-0.25, -0.2) is 4.68 Å². The molecule has 9 nitrogen and oxygen atoms in total. The minimum Gasteiger partial charge on any atom is -0.493 e. The van der Waals surface area contributed by atoms with Crippen LogP contribution in [0.5, 0.6) is 11.5 Å². The van der Waals surface area contributed by atoms with Gasteiger partial charge in [-0.1, -0.05) is 28.0 Å². The molecule has 10 heteroatoms. The van der Waals surface area contributed by atoms with Crippen molar-refractivity contribution in [3.63, 3.8) is 0 Å². The van der Waals surface area contributed by atoms with Crippen molar-refractivity contribution in [1.82, 2.24) is 25.5 Å². The summed E-state index contributed by atoms with van der Waals surface area (Å²) in [6.45, 7) is 8.79. The molecular weight excluding hydrogens is 428 g/mol. The number of anilines is 1. The first kappa shape index (κ1) is 21.9. The number of aryl methyl sites for hydroxylation is 1. The number of halogens is 1. The van der Waals surface area contributed by atoms with Crippen LogP contribution in [0.1, 0.15) is 39.7 Å². The van der Waals surface area contributed by atoms with Crippen LogP contribution < -0.4 is 20.1 Å². The van der Waals surface area contributed by atoms with Gasteiger partial charge in [0.15, 0.2) is 18.1 Å². The third-order valence-corrected chi connectivity index (χ3v) is 4.38. The van der Waals surface area contributed by atoms with Crippen molar-refractivity contribution < 1.29 is 14.3 Å². The zero-order valence-electron chi connectivity index (χ0n) is 16.9. The Hall–Kier alpha value is -2.36. The predicted molar refractivity (Wildman–Crippen MR) is 110 cm³/mol. The molecule has 0 atom stereocenters. The maximum Gasteiger partial charge on any atom is 0.258 e. The van der Waals surface area contributed by atoms with Crippen molar-refractivity contribution in [2.75, 3.05) is 19.0 Å². The van der Waals surface area contributed by atoms with E-state index < -0.39 is 0 Å². The van der Waals surface area contributed by atoms with E-state index in [1.165, 1.54) is 0 Å². The molecule has 0 unspecified atom stereocenters. The number of methoxy groups -OCH3 is 1. The SMILES string of the molecule is CCCn1nnnc1NCc1c(Br)ccc(OC)c1OCC(=O)NC(C)(C)C. The summed E-state index contributed by atoms with van der Waals surface area (Å²) in [5, 5.41) is 17.8. The lowest BCUT2D eigenvalue weighted by atomic mass is 10.1. The van der Waals surface area contributed by atoms with E-state index in [1.54, 1.807) is 17.9 Å². The van der Waals surface area contributed by atoms with Crippen LogP contribution in [0, 0.1) is 0 Å². The first-order valence-electron chi connectivity index (χ1n) is 9.04. The van der Waals surface area contributed by atoms with Crippen LogP contribution >= 0.6 is 15.9 Å². The standard InChI is InChI=1S/C18H27BrN6O3/c1-6-9-25-17(22-23-24-25)20-10-12-13(19)7-8-14(27-5)16(12)28-11-15(26)21-18(2,3)4/h7-8H,6,9-11H2,1-5H3,(H,21,26)(H,20,22,24). The number of nitrogens with zero attached hydrogens (tertiary/aromatic N) is 4. The fraction of sp³-hybridized carbons (Fsp3) is 0.556. The molecular formula is C18H27BrN6O3. The summed E-state index contributed by atoms with van der Waals surface area (Å²) in [6, 6.07) is 3.65. The predicted octanol–water partition coefficient (Wildman–Crippen LogP) is 2.76. The molecule has 0 fully saturated rings. The molecule has 1 aromatic heterocycles. The second kappa shape index (κ2) is 9.72. The summed E-state index contributed by atoms with van der Waals surface area (Å²) >= 11 is 3.55. The molecule has 28 heavy (non-hydrogen) atoms. The van der Waals surface area contributed by atoms with E-state index in [9.17, 15) is 4.79 Å². The normalized spacial score (nSPS) is 11.2. The summed E-state index contributed by atoms with van der Waals surface area (Å²) in [4.78, 5) is 12.2. The molecule has 1 aromatic carbocycles. The first-order chi connectivity index (χ1) is 13.2. The van der Waals surface area contributed by atoms with Crippen LogP contribution in [-0.2, 0) is 17.9 Å². The molecule has 154 valence electrons. The molecule has 0 bridgehead atoms. The zero-order chi connectivity index (χ0) is 20.7. The summed E-state index contributed by atoms with van der Waals surface area (Å²) in [7, 11) is 1.56. The molecule has 0 aliphatic heterocycles. The Labute approximate surface area is 173 Å².